The number of nitrogens with zero attached hydrogens (tertiary/aromatic N) is 2. The summed E-state index contributed by atoms with van der Waals surface area (Å²) in [7, 11) is 0. The molecule has 0 radical (unpaired) electrons. The predicted molar refractivity (Wildman–Crippen MR) is 41.9 cm³/mol. The van der Waals surface area contributed by atoms with Gasteiger partial charge in [-0.3, -0.25) is 19.4 Å². The van der Waals surface area contributed by atoms with Crippen LogP contribution in [-0.2, 0) is 9.59 Å². The first-order valence-corrected chi connectivity index (χ1v) is 3.85. The Labute approximate surface area is 75.4 Å². The number of amides is 2. The van der Waals surface area contributed by atoms with Crippen LogP contribution in [-0.4, -0.2) is 51.0 Å². The molecule has 0 aromatic heterocycles. The third-order valence-corrected chi connectivity index (χ3v) is 2.02. The molecular formula is C7H12N2O4. The molecule has 2 atom stereocenters. The van der Waals surface area contributed by atoms with Crippen molar-refractivity contribution in [3.05, 3.63) is 0 Å². The van der Waals surface area contributed by atoms with Crippen LogP contribution in [0.5, 0.6) is 0 Å². The molecule has 1 fully saturated rings. The Balaban J connectivity index is 2.78. The van der Waals surface area contributed by atoms with Gasteiger partial charge in [-0.1, -0.05) is 0 Å². The maximum Gasteiger partial charge on any atom is 0.223 e. The second-order valence-corrected chi connectivity index (χ2v) is 2.95. The molecule has 1 aliphatic rings. The monoisotopic (exact) mass is 188 g/mol. The van der Waals surface area contributed by atoms with Crippen molar-refractivity contribution in [2.24, 2.45) is 0 Å². The van der Waals surface area contributed by atoms with Gasteiger partial charge in [-0.2, -0.15) is 0 Å². The van der Waals surface area contributed by atoms with E-state index in [1.54, 1.807) is 0 Å². The van der Waals surface area contributed by atoms with Gasteiger partial charge < -0.3 is 10.2 Å². The fourth-order valence-corrected chi connectivity index (χ4v) is 1.23. The lowest BCUT2D eigenvalue weighted by Gasteiger charge is -2.17. The fraction of sp³-hybridized carbons (Fsp3) is 0.714. The van der Waals surface area contributed by atoms with Crippen LogP contribution in [0, 0.1) is 0 Å². The summed E-state index contributed by atoms with van der Waals surface area (Å²) in [5.41, 5.74) is 0. The zero-order valence-electron chi connectivity index (χ0n) is 7.47. The minimum absolute atomic E-state index is 0.0625. The number of aliphatic hydroxyl groups is 2. The van der Waals surface area contributed by atoms with Crippen molar-refractivity contribution in [2.75, 3.05) is 6.67 Å². The second-order valence-electron chi connectivity index (χ2n) is 2.95. The number of hydrogen-bond donors (Lipinski definition) is 2. The third-order valence-electron chi connectivity index (χ3n) is 2.02. The standard InChI is InChI=1S/C7H12N2O4/c1-4(10)8-3-9(5(2)11)7(13)6(8)12/h6-7,12-13H,3H2,1-2H3/t6-,7+. The lowest BCUT2D eigenvalue weighted by molar-refractivity contribution is -0.143. The first kappa shape index (κ1) is 9.94. The van der Waals surface area contributed by atoms with Crippen molar-refractivity contribution in [3.63, 3.8) is 0 Å². The summed E-state index contributed by atoms with van der Waals surface area (Å²) < 4.78 is 0. The molecule has 0 aromatic rings. The van der Waals surface area contributed by atoms with Crippen molar-refractivity contribution >= 4 is 11.8 Å². The molecule has 0 unspecified atom stereocenters. The van der Waals surface area contributed by atoms with Crippen molar-refractivity contribution in [3.8, 4) is 0 Å². The molecule has 1 heterocycles. The van der Waals surface area contributed by atoms with E-state index < -0.39 is 12.5 Å². The van der Waals surface area contributed by atoms with Crippen molar-refractivity contribution in [2.45, 2.75) is 26.3 Å². The Morgan fingerprint density at radius 3 is 1.54 bits per heavy atom. The normalized spacial score (nSPS) is 28.0. The van der Waals surface area contributed by atoms with E-state index in [4.69, 9.17) is 0 Å². The molecule has 0 aromatic carbocycles. The quantitative estimate of drug-likeness (QED) is 0.474. The Kier molecular flexibility index (Phi) is 2.53. The van der Waals surface area contributed by atoms with Crippen molar-refractivity contribution < 1.29 is 19.8 Å². The highest BCUT2D eigenvalue weighted by molar-refractivity contribution is 5.77. The van der Waals surface area contributed by atoms with Gasteiger partial charge in [0.15, 0.2) is 12.5 Å². The van der Waals surface area contributed by atoms with Gasteiger partial charge in [0.25, 0.3) is 0 Å². The van der Waals surface area contributed by atoms with Crippen molar-refractivity contribution in [1.29, 1.82) is 0 Å². The van der Waals surface area contributed by atoms with Gasteiger partial charge in [-0.05, 0) is 0 Å². The van der Waals surface area contributed by atoms with Gasteiger partial charge in [-0.25, -0.2) is 0 Å². The summed E-state index contributed by atoms with van der Waals surface area (Å²) in [5, 5.41) is 18.6. The van der Waals surface area contributed by atoms with Gasteiger partial charge in [0, 0.05) is 13.8 Å². The van der Waals surface area contributed by atoms with Gasteiger partial charge in [0.2, 0.25) is 11.8 Å². The Hall–Kier alpha value is -1.14. The molecular weight excluding hydrogens is 176 g/mol. The van der Waals surface area contributed by atoms with Crippen LogP contribution in [0.15, 0.2) is 0 Å². The van der Waals surface area contributed by atoms with E-state index in [9.17, 15) is 19.8 Å². The maximum absolute atomic E-state index is 10.9. The summed E-state index contributed by atoms with van der Waals surface area (Å²) in [6, 6.07) is 0. The van der Waals surface area contributed by atoms with Gasteiger partial charge in [0.05, 0.1) is 0 Å². The van der Waals surface area contributed by atoms with E-state index in [1.165, 1.54) is 13.8 Å². The molecule has 6 heteroatoms. The van der Waals surface area contributed by atoms with E-state index in [0.29, 0.717) is 0 Å². The molecule has 0 aliphatic carbocycles. The SMILES string of the molecule is CC(=O)N1CN(C(C)=O)[C@@H](O)[C@H]1O. The first-order valence-electron chi connectivity index (χ1n) is 3.85. The number of carbonyl (C=O) groups is 2. The molecule has 1 saturated heterocycles. The van der Waals surface area contributed by atoms with E-state index >= 15 is 0 Å². The van der Waals surface area contributed by atoms with Crippen LogP contribution in [0.4, 0.5) is 0 Å². The van der Waals surface area contributed by atoms with Crippen LogP contribution in [0.3, 0.4) is 0 Å². The smallest absolute Gasteiger partial charge is 0.223 e. The van der Waals surface area contributed by atoms with Crippen LogP contribution < -0.4 is 0 Å². The lowest BCUT2D eigenvalue weighted by atomic mass is 10.4. The highest BCUT2D eigenvalue weighted by Crippen LogP contribution is 2.16. The molecule has 2 amide bonds. The highest BCUT2D eigenvalue weighted by atomic mass is 16.4. The Morgan fingerprint density at radius 1 is 1.08 bits per heavy atom. The van der Waals surface area contributed by atoms with Crippen LogP contribution >= 0.6 is 0 Å². The number of aliphatic hydroxyl groups excluding tert-OH is 2. The predicted octanol–water partition coefficient (Wildman–Crippen LogP) is -1.71. The minimum Gasteiger partial charge on any atom is -0.369 e. The molecule has 0 bridgehead atoms. The number of rotatable bonds is 0. The third kappa shape index (κ3) is 1.63. The zero-order valence-corrected chi connectivity index (χ0v) is 7.47. The molecule has 0 saturated carbocycles. The zero-order chi connectivity index (χ0) is 10.2. The van der Waals surface area contributed by atoms with Crippen molar-refractivity contribution in [1.82, 2.24) is 9.80 Å². The molecule has 6 nitrogen and oxygen atoms in total. The topological polar surface area (TPSA) is 81.1 Å². The molecule has 1 rings (SSSR count). The summed E-state index contributed by atoms with van der Waals surface area (Å²) in [6.45, 7) is 2.46. The van der Waals surface area contributed by atoms with E-state index in [-0.39, 0.29) is 18.5 Å². The molecule has 13 heavy (non-hydrogen) atoms. The molecule has 2 N–H and O–H groups in total. The average molecular weight is 188 g/mol. The van der Waals surface area contributed by atoms with Crippen LogP contribution in [0.1, 0.15) is 13.8 Å². The summed E-state index contributed by atoms with van der Waals surface area (Å²) in [6.07, 6.45) is -2.64. The Bertz CT molecular complexity index is 219. The van der Waals surface area contributed by atoms with Gasteiger partial charge in [-0.15, -0.1) is 0 Å². The molecule has 74 valence electrons. The molecule has 0 spiro atoms. The van der Waals surface area contributed by atoms with Gasteiger partial charge >= 0.3 is 0 Å². The average Bonchev–Trinajstić information content (AvgIpc) is 2.29. The van der Waals surface area contributed by atoms with E-state index in [2.05, 4.69) is 0 Å². The van der Waals surface area contributed by atoms with Crippen LogP contribution in [0.2, 0.25) is 0 Å². The largest absolute Gasteiger partial charge is 0.369 e. The summed E-state index contributed by atoms with van der Waals surface area (Å²) in [4.78, 5) is 23.8. The van der Waals surface area contributed by atoms with Gasteiger partial charge in [0.1, 0.15) is 6.67 Å². The highest BCUT2D eigenvalue weighted by Gasteiger charge is 2.40. The van der Waals surface area contributed by atoms with E-state index in [0.717, 1.165) is 9.80 Å². The number of carbonyl (C=O) groups excluding carboxylic acids is 2. The summed E-state index contributed by atoms with van der Waals surface area (Å²) in [5.74, 6) is -0.759. The molecule has 1 aliphatic heterocycles. The second kappa shape index (κ2) is 3.31. The number of hydrogen-bond acceptors (Lipinski definition) is 4. The first-order chi connectivity index (χ1) is 5.95. The van der Waals surface area contributed by atoms with Crippen LogP contribution in [0.25, 0.3) is 0 Å². The lowest BCUT2D eigenvalue weighted by Crippen LogP contribution is -2.39. The summed E-state index contributed by atoms with van der Waals surface area (Å²) >= 11 is 0. The Morgan fingerprint density at radius 2 is 1.38 bits per heavy atom. The maximum atomic E-state index is 10.9. The fourth-order valence-electron chi connectivity index (χ4n) is 1.23. The minimum atomic E-state index is -1.32. The van der Waals surface area contributed by atoms with E-state index in [1.807, 2.05) is 0 Å².